The Morgan fingerprint density at radius 1 is 1.17 bits per heavy atom. The van der Waals surface area contributed by atoms with Crippen molar-refractivity contribution in [3.8, 4) is 0 Å². The van der Waals surface area contributed by atoms with Gasteiger partial charge in [0.2, 0.25) is 0 Å². The van der Waals surface area contributed by atoms with E-state index in [1.54, 1.807) is 6.92 Å². The number of fused-ring (bicyclic) bond motifs is 3. The lowest BCUT2D eigenvalue weighted by Crippen LogP contribution is -2.59. The van der Waals surface area contributed by atoms with Gasteiger partial charge in [-0.1, -0.05) is 36.1 Å². The Bertz CT molecular complexity index is 639. The Balaban J connectivity index is 1.63. The van der Waals surface area contributed by atoms with Gasteiger partial charge in [0.15, 0.2) is 0 Å². The third kappa shape index (κ3) is 5.02. The molecule has 1 saturated carbocycles. The third-order valence-electron chi connectivity index (χ3n) is 7.71. The van der Waals surface area contributed by atoms with Gasteiger partial charge in [0, 0.05) is 18.0 Å². The van der Waals surface area contributed by atoms with E-state index in [4.69, 9.17) is 4.74 Å². The summed E-state index contributed by atoms with van der Waals surface area (Å²) < 4.78 is 6.25. The number of aliphatic hydroxyl groups excluding tert-OH is 1. The molecule has 0 aromatic heterocycles. The van der Waals surface area contributed by atoms with Crippen LogP contribution >= 0.6 is 0 Å². The molecule has 3 aliphatic rings. The fraction of sp³-hybridized carbons (Fsp3) is 0.840. The summed E-state index contributed by atoms with van der Waals surface area (Å²) in [5.74, 6) is 0.124. The molecule has 0 aromatic rings. The predicted molar refractivity (Wildman–Crippen MR) is 121 cm³/mol. The van der Waals surface area contributed by atoms with Crippen LogP contribution in [0, 0.1) is 17.0 Å². The van der Waals surface area contributed by atoms with Crippen molar-refractivity contribution in [2.24, 2.45) is 11.8 Å². The lowest BCUT2D eigenvalue weighted by Gasteiger charge is -2.56. The Morgan fingerprint density at radius 3 is 2.57 bits per heavy atom. The Hall–Kier alpha value is -0.720. The summed E-state index contributed by atoms with van der Waals surface area (Å²) in [7, 11) is 0. The molecule has 2 aliphatic heterocycles. The number of aliphatic hydroxyl groups is 2. The molecule has 3 fully saturated rings. The SMILES string of the molecule is CC(C)=CCCC(C)=CCC[C@](C)(O)[C@@H]1OC2C(C3CCCCC3N([O-])C2C)C1O. The summed E-state index contributed by atoms with van der Waals surface area (Å²) in [4.78, 5) is 0. The number of hydroxylamine groups is 2. The molecule has 3 rings (SSSR count). The van der Waals surface area contributed by atoms with Gasteiger partial charge in [-0.05, 0) is 79.1 Å². The first-order valence-corrected chi connectivity index (χ1v) is 11.9. The lowest BCUT2D eigenvalue weighted by molar-refractivity contribution is -0.134. The number of piperidine rings is 1. The molecule has 0 spiro atoms. The highest BCUT2D eigenvalue weighted by molar-refractivity contribution is 5.10. The van der Waals surface area contributed by atoms with Gasteiger partial charge in [-0.2, -0.15) is 0 Å². The Labute approximate surface area is 182 Å². The molecular formula is C25H42NO4-. The summed E-state index contributed by atoms with van der Waals surface area (Å²) in [5.41, 5.74) is 1.54. The van der Waals surface area contributed by atoms with Crippen LogP contribution in [0.15, 0.2) is 23.3 Å². The second kappa shape index (κ2) is 9.83. The minimum atomic E-state index is -1.12. The minimum absolute atomic E-state index is 0.0108. The molecule has 5 nitrogen and oxygen atoms in total. The molecule has 6 unspecified atom stereocenters. The van der Waals surface area contributed by atoms with Gasteiger partial charge < -0.3 is 25.2 Å². The van der Waals surface area contributed by atoms with E-state index in [2.05, 4.69) is 32.9 Å². The van der Waals surface area contributed by atoms with Crippen molar-refractivity contribution in [3.63, 3.8) is 0 Å². The second-order valence-corrected chi connectivity index (χ2v) is 10.5. The molecule has 0 aromatic carbocycles. The third-order valence-corrected chi connectivity index (χ3v) is 7.71. The van der Waals surface area contributed by atoms with E-state index in [1.807, 2.05) is 6.92 Å². The topological polar surface area (TPSA) is 76.0 Å². The van der Waals surface area contributed by atoms with Crippen LogP contribution in [0.5, 0.6) is 0 Å². The Morgan fingerprint density at radius 2 is 1.87 bits per heavy atom. The van der Waals surface area contributed by atoms with Crippen molar-refractivity contribution >= 4 is 0 Å². The van der Waals surface area contributed by atoms with Gasteiger partial charge >= 0.3 is 0 Å². The summed E-state index contributed by atoms with van der Waals surface area (Å²) >= 11 is 0. The highest BCUT2D eigenvalue weighted by Gasteiger charge is 2.58. The van der Waals surface area contributed by atoms with E-state index < -0.39 is 17.8 Å². The molecule has 2 N–H and O–H groups in total. The van der Waals surface area contributed by atoms with Crippen LogP contribution in [0.4, 0.5) is 0 Å². The van der Waals surface area contributed by atoms with Crippen molar-refractivity contribution < 1.29 is 14.9 Å². The van der Waals surface area contributed by atoms with Crippen molar-refractivity contribution in [2.45, 2.75) is 122 Å². The number of ether oxygens (including phenoxy) is 1. The molecule has 0 radical (unpaired) electrons. The standard InChI is InChI=1S/C25H42NO4/c1-16(2)10-8-11-17(3)12-9-15-25(5,28)24-22(27)21-19-13-6-7-14-20(19)26(29)18(4)23(21)30-24/h10,12,18-24,27-28H,6-9,11,13-15H2,1-5H3/q-1/t18?,19?,20?,21?,22?,23?,24-,25+/m1/s1. The normalized spacial score (nSPS) is 39.2. The quantitative estimate of drug-likeness (QED) is 0.583. The smallest absolute Gasteiger partial charge is 0.113 e. The van der Waals surface area contributed by atoms with E-state index >= 15 is 0 Å². The Kier molecular flexibility index (Phi) is 7.84. The average Bonchev–Trinajstić information content (AvgIpc) is 3.04. The predicted octanol–water partition coefficient (Wildman–Crippen LogP) is 4.72. The number of hydrogen-bond donors (Lipinski definition) is 2. The monoisotopic (exact) mass is 420 g/mol. The van der Waals surface area contributed by atoms with E-state index in [0.29, 0.717) is 6.42 Å². The molecule has 8 atom stereocenters. The highest BCUT2D eigenvalue weighted by atomic mass is 16.6. The number of hydrogen-bond acceptors (Lipinski definition) is 5. The van der Waals surface area contributed by atoms with Gasteiger partial charge in [0.05, 0.1) is 17.8 Å². The van der Waals surface area contributed by atoms with Crippen molar-refractivity contribution in [3.05, 3.63) is 28.5 Å². The summed E-state index contributed by atoms with van der Waals surface area (Å²) in [6.45, 7) is 10.1. The van der Waals surface area contributed by atoms with Crippen LogP contribution in [0.3, 0.4) is 0 Å². The van der Waals surface area contributed by atoms with Gasteiger partial charge in [-0.15, -0.1) is 0 Å². The van der Waals surface area contributed by atoms with E-state index in [0.717, 1.165) is 44.9 Å². The number of rotatable bonds is 7. The molecule has 172 valence electrons. The van der Waals surface area contributed by atoms with Crippen LogP contribution in [-0.2, 0) is 4.74 Å². The first kappa shape index (κ1) is 23.9. The van der Waals surface area contributed by atoms with Crippen molar-refractivity contribution in [1.82, 2.24) is 5.06 Å². The molecule has 30 heavy (non-hydrogen) atoms. The maximum atomic E-state index is 12.8. The van der Waals surface area contributed by atoms with Gasteiger partial charge in [0.25, 0.3) is 0 Å². The van der Waals surface area contributed by atoms with Crippen molar-refractivity contribution in [1.29, 1.82) is 0 Å². The van der Waals surface area contributed by atoms with Gasteiger partial charge in [0.1, 0.15) is 6.10 Å². The van der Waals surface area contributed by atoms with Crippen LogP contribution in [0.1, 0.15) is 86.0 Å². The summed E-state index contributed by atoms with van der Waals surface area (Å²) in [6, 6.07) is -0.287. The summed E-state index contributed by atoms with van der Waals surface area (Å²) in [6.07, 6.45) is 10.2. The molecule has 0 amide bonds. The largest absolute Gasteiger partial charge is 0.785 e. The van der Waals surface area contributed by atoms with Crippen LogP contribution in [0.2, 0.25) is 0 Å². The zero-order valence-electron chi connectivity index (χ0n) is 19.5. The molecule has 2 heterocycles. The van der Waals surface area contributed by atoms with Gasteiger partial charge in [-0.25, -0.2) is 0 Å². The minimum Gasteiger partial charge on any atom is -0.785 e. The van der Waals surface area contributed by atoms with E-state index in [9.17, 15) is 15.4 Å². The van der Waals surface area contributed by atoms with E-state index in [1.165, 1.54) is 16.2 Å². The molecular weight excluding hydrogens is 378 g/mol. The maximum absolute atomic E-state index is 12.8. The first-order chi connectivity index (χ1) is 14.1. The number of nitrogens with zero attached hydrogens (tertiary/aromatic N) is 1. The molecule has 2 saturated heterocycles. The average molecular weight is 421 g/mol. The number of allylic oxidation sites excluding steroid dienone is 4. The highest BCUT2D eigenvalue weighted by Crippen LogP contribution is 2.49. The van der Waals surface area contributed by atoms with Crippen LogP contribution < -0.4 is 0 Å². The maximum Gasteiger partial charge on any atom is 0.113 e. The molecule has 0 bridgehead atoms. The van der Waals surface area contributed by atoms with Gasteiger partial charge in [-0.3, -0.25) is 0 Å². The van der Waals surface area contributed by atoms with Crippen LogP contribution in [-0.4, -0.2) is 51.3 Å². The van der Waals surface area contributed by atoms with E-state index in [-0.39, 0.29) is 30.0 Å². The first-order valence-electron chi connectivity index (χ1n) is 11.9. The van der Waals surface area contributed by atoms with Crippen LogP contribution in [0.25, 0.3) is 0 Å². The lowest BCUT2D eigenvalue weighted by atomic mass is 9.67. The molecule has 1 aliphatic carbocycles. The fourth-order valence-electron chi connectivity index (χ4n) is 5.98. The zero-order chi connectivity index (χ0) is 22.1. The molecule has 5 heteroatoms. The van der Waals surface area contributed by atoms with Crippen molar-refractivity contribution in [2.75, 3.05) is 0 Å². The summed E-state index contributed by atoms with van der Waals surface area (Å²) in [5, 5.41) is 36.5. The fourth-order valence-corrected chi connectivity index (χ4v) is 5.98. The second-order valence-electron chi connectivity index (χ2n) is 10.5. The zero-order valence-corrected chi connectivity index (χ0v) is 19.5.